The Bertz CT molecular complexity index is 1360. The van der Waals surface area contributed by atoms with E-state index in [9.17, 15) is 14.4 Å². The molecule has 0 aliphatic carbocycles. The summed E-state index contributed by atoms with van der Waals surface area (Å²) in [6.07, 6.45) is 1.27. The highest BCUT2D eigenvalue weighted by molar-refractivity contribution is 8.93. The smallest absolute Gasteiger partial charge is 0.303 e. The van der Waals surface area contributed by atoms with Crippen LogP contribution in [0.2, 0.25) is 0 Å². The number of Topliss-reactive ketones (excluding diaryl/α,β-unsaturated/α-hetero) is 1. The lowest BCUT2D eigenvalue weighted by molar-refractivity contribution is -0.137. The number of halogens is 1. The van der Waals surface area contributed by atoms with E-state index < -0.39 is 11.9 Å². The summed E-state index contributed by atoms with van der Waals surface area (Å²) in [5, 5.41) is 20.3. The van der Waals surface area contributed by atoms with Gasteiger partial charge in [0.2, 0.25) is 0 Å². The van der Waals surface area contributed by atoms with Crippen LogP contribution in [0.25, 0.3) is 0 Å². The Balaban J connectivity index is 0.00000645. The Morgan fingerprint density at radius 1 is 1.16 bits per heavy atom. The van der Waals surface area contributed by atoms with Crippen molar-refractivity contribution in [2.45, 2.75) is 65.8 Å². The van der Waals surface area contributed by atoms with Crippen molar-refractivity contribution < 1.29 is 29.0 Å². The quantitative estimate of drug-likeness (QED) is 0.191. The van der Waals surface area contributed by atoms with Gasteiger partial charge < -0.3 is 29.7 Å². The lowest BCUT2D eigenvalue weighted by atomic mass is 9.84. The van der Waals surface area contributed by atoms with Crippen molar-refractivity contribution in [1.82, 2.24) is 15.2 Å². The largest absolute Gasteiger partial charge is 0.491 e. The number of pyridine rings is 1. The lowest BCUT2D eigenvalue weighted by Crippen LogP contribution is -2.31. The van der Waals surface area contributed by atoms with Gasteiger partial charge in [-0.25, -0.2) is 4.98 Å². The summed E-state index contributed by atoms with van der Waals surface area (Å²) in [6, 6.07) is 5.39. The molecule has 0 radical (unpaired) electrons. The van der Waals surface area contributed by atoms with Gasteiger partial charge in [0.1, 0.15) is 17.3 Å². The molecule has 1 aliphatic heterocycles. The monoisotopic (exact) mass is 661 g/mol. The molecular weight excluding hydrogens is 618 g/mol. The van der Waals surface area contributed by atoms with Crippen LogP contribution in [0.3, 0.4) is 0 Å². The molecule has 12 heteroatoms. The number of amidine groups is 1. The third kappa shape index (κ3) is 8.46. The molecule has 1 aromatic heterocycles. The molecule has 43 heavy (non-hydrogen) atoms. The van der Waals surface area contributed by atoms with Crippen molar-refractivity contribution in [3.63, 3.8) is 0 Å². The van der Waals surface area contributed by atoms with Gasteiger partial charge in [-0.05, 0) is 43.4 Å². The number of anilines is 1. The summed E-state index contributed by atoms with van der Waals surface area (Å²) in [4.78, 5) is 45.3. The van der Waals surface area contributed by atoms with Crippen molar-refractivity contribution in [3.05, 3.63) is 46.3 Å². The Morgan fingerprint density at radius 3 is 2.44 bits per heavy atom. The van der Waals surface area contributed by atoms with E-state index in [0.29, 0.717) is 47.9 Å². The minimum Gasteiger partial charge on any atom is -0.491 e. The second kappa shape index (κ2) is 15.2. The fourth-order valence-electron chi connectivity index (χ4n) is 4.86. The van der Waals surface area contributed by atoms with Crippen LogP contribution in [0.1, 0.15) is 91.5 Å². The number of aromatic nitrogens is 1. The molecular formula is C31H44BrN5O6. The summed E-state index contributed by atoms with van der Waals surface area (Å²) in [7, 11) is 3.45. The summed E-state index contributed by atoms with van der Waals surface area (Å²) >= 11 is 0. The van der Waals surface area contributed by atoms with Crippen LogP contribution in [0.15, 0.2) is 18.2 Å². The number of hydrogen-bond acceptors (Lipinski definition) is 8. The molecule has 0 fully saturated rings. The Labute approximate surface area is 264 Å². The van der Waals surface area contributed by atoms with Crippen LogP contribution in [-0.2, 0) is 16.8 Å². The van der Waals surface area contributed by atoms with E-state index in [4.69, 9.17) is 20.0 Å². The molecule has 0 atom stereocenters. The van der Waals surface area contributed by atoms with Crippen LogP contribution < -0.4 is 19.7 Å². The lowest BCUT2D eigenvalue weighted by Gasteiger charge is -2.30. The summed E-state index contributed by atoms with van der Waals surface area (Å²) in [6.45, 7) is 11.6. The zero-order chi connectivity index (χ0) is 31.2. The normalized spacial score (nSPS) is 12.3. The standard InChI is InChI=1S/C31H43N5O6.BrH/c1-8-12-35(7)22-15-19(14-21(31(3,4)5)28(22)42-13-10-11-25(38)39)23(37)18-36-17-20-16-24(41-9-2)27(30(40)33-6)34-26(20)29(36)32;/h14-16,32H,8-13,17-18H2,1-7H3,(H,33,40)(H,38,39);1H. The number of nitrogens with one attached hydrogen (secondary N) is 2. The van der Waals surface area contributed by atoms with Crippen LogP contribution >= 0.6 is 17.0 Å². The second-order valence-electron chi connectivity index (χ2n) is 11.4. The molecule has 1 amide bonds. The van der Waals surface area contributed by atoms with Crippen molar-refractivity contribution in [2.24, 2.45) is 0 Å². The molecule has 0 unspecified atom stereocenters. The first-order valence-corrected chi connectivity index (χ1v) is 14.3. The highest BCUT2D eigenvalue weighted by atomic mass is 79.9. The van der Waals surface area contributed by atoms with E-state index in [1.165, 1.54) is 7.05 Å². The molecule has 3 rings (SSSR count). The van der Waals surface area contributed by atoms with Crippen LogP contribution in [-0.4, -0.2) is 78.9 Å². The maximum Gasteiger partial charge on any atom is 0.303 e. The average Bonchev–Trinajstić information content (AvgIpc) is 3.23. The highest BCUT2D eigenvalue weighted by Gasteiger charge is 2.32. The van der Waals surface area contributed by atoms with Gasteiger partial charge in [0.15, 0.2) is 17.2 Å². The first-order chi connectivity index (χ1) is 19.8. The van der Waals surface area contributed by atoms with Crippen molar-refractivity contribution in [2.75, 3.05) is 45.3 Å². The minimum atomic E-state index is -0.872. The van der Waals surface area contributed by atoms with Gasteiger partial charge in [0.05, 0.1) is 25.4 Å². The summed E-state index contributed by atoms with van der Waals surface area (Å²) in [5.74, 6) is -0.387. The Morgan fingerprint density at radius 2 is 1.86 bits per heavy atom. The molecule has 11 nitrogen and oxygen atoms in total. The van der Waals surface area contributed by atoms with Crippen molar-refractivity contribution >= 4 is 46.2 Å². The third-order valence-electron chi connectivity index (χ3n) is 7.00. The van der Waals surface area contributed by atoms with Crippen molar-refractivity contribution in [1.29, 1.82) is 5.41 Å². The van der Waals surface area contributed by atoms with Gasteiger partial charge in [-0.1, -0.05) is 27.7 Å². The fraction of sp³-hybridized carbons (Fsp3) is 0.516. The number of aliphatic carboxylic acids is 1. The molecule has 0 saturated carbocycles. The number of ketones is 1. The van der Waals surface area contributed by atoms with Crippen LogP contribution in [0.5, 0.6) is 11.5 Å². The van der Waals surface area contributed by atoms with Gasteiger partial charge in [-0.3, -0.25) is 19.8 Å². The van der Waals surface area contributed by atoms with Crippen molar-refractivity contribution in [3.8, 4) is 11.5 Å². The Kier molecular flexibility index (Phi) is 12.5. The molecule has 1 aromatic carbocycles. The third-order valence-corrected chi connectivity index (χ3v) is 7.00. The number of benzene rings is 1. The first kappa shape index (κ1) is 35.5. The van der Waals surface area contributed by atoms with Crippen LogP contribution in [0.4, 0.5) is 5.69 Å². The molecule has 1 aliphatic rings. The molecule has 3 N–H and O–H groups in total. The number of amides is 1. The molecule has 2 aromatic rings. The number of carboxylic acids is 1. The SMILES string of the molecule is Br.CCCN(C)c1cc(C(=O)CN2Cc3cc(OCC)c(C(=O)NC)nc3C2=N)cc(C(C)(C)C)c1OCCCC(=O)O. The maximum absolute atomic E-state index is 13.8. The number of rotatable bonds is 14. The zero-order valence-corrected chi connectivity index (χ0v) is 27.8. The van der Waals surface area contributed by atoms with Gasteiger partial charge in [0.25, 0.3) is 5.91 Å². The van der Waals surface area contributed by atoms with E-state index in [2.05, 4.69) is 17.2 Å². The summed E-state index contributed by atoms with van der Waals surface area (Å²) < 4.78 is 11.8. The van der Waals surface area contributed by atoms with E-state index in [1.807, 2.05) is 51.8 Å². The predicted molar refractivity (Wildman–Crippen MR) is 172 cm³/mol. The number of hydrogen-bond donors (Lipinski definition) is 3. The number of carboxylic acid groups (broad SMARTS) is 1. The number of ether oxygens (including phenoxy) is 2. The minimum absolute atomic E-state index is 0. The van der Waals surface area contributed by atoms with E-state index in [0.717, 1.165) is 24.2 Å². The van der Waals surface area contributed by atoms with Gasteiger partial charge in [0, 0.05) is 50.3 Å². The van der Waals surface area contributed by atoms with Gasteiger partial charge in [-0.2, -0.15) is 0 Å². The average molecular weight is 663 g/mol. The highest BCUT2D eigenvalue weighted by Crippen LogP contribution is 2.40. The van der Waals surface area contributed by atoms with E-state index in [-0.39, 0.29) is 59.3 Å². The second-order valence-corrected chi connectivity index (χ2v) is 11.4. The number of carbonyl (C=O) groups is 3. The molecule has 0 saturated heterocycles. The van der Waals surface area contributed by atoms with Gasteiger partial charge in [-0.15, -0.1) is 17.0 Å². The van der Waals surface area contributed by atoms with Gasteiger partial charge >= 0.3 is 5.97 Å². The zero-order valence-electron chi connectivity index (χ0n) is 26.1. The molecule has 0 bridgehead atoms. The van der Waals surface area contributed by atoms with Crippen LogP contribution in [0, 0.1) is 5.41 Å². The number of nitrogens with zero attached hydrogens (tertiary/aromatic N) is 3. The summed E-state index contributed by atoms with van der Waals surface area (Å²) in [5.41, 5.74) is 2.91. The molecule has 236 valence electrons. The number of fused-ring (bicyclic) bond motifs is 1. The molecule has 2 heterocycles. The maximum atomic E-state index is 13.8. The molecule has 0 spiro atoms. The van der Waals surface area contributed by atoms with E-state index in [1.54, 1.807) is 11.0 Å². The Hall–Kier alpha value is -3.67. The van der Waals surface area contributed by atoms with E-state index >= 15 is 0 Å². The topological polar surface area (TPSA) is 145 Å². The fourth-order valence-corrected chi connectivity index (χ4v) is 4.86. The first-order valence-electron chi connectivity index (χ1n) is 14.3. The predicted octanol–water partition coefficient (Wildman–Crippen LogP) is 4.83. The number of carbonyl (C=O) groups excluding carboxylic acids is 2.